The molecule has 26 heavy (non-hydrogen) atoms. The minimum Gasteiger partial charge on any atom is -0.462 e. The third-order valence-electron chi connectivity index (χ3n) is 3.87. The average molecular weight is 364 g/mol. The first-order chi connectivity index (χ1) is 12.8. The van der Waals surface area contributed by atoms with E-state index in [1.165, 1.54) is 16.9 Å². The maximum Gasteiger partial charge on any atom is 0.271 e. The maximum absolute atomic E-state index is 12.3. The highest BCUT2D eigenvalue weighted by atomic mass is 32.1. The van der Waals surface area contributed by atoms with E-state index in [1.807, 2.05) is 29.0 Å². The van der Waals surface area contributed by atoms with Crippen molar-refractivity contribution in [2.24, 2.45) is 0 Å². The highest BCUT2D eigenvalue weighted by Crippen LogP contribution is 2.23. The molecule has 4 rings (SSSR count). The molecule has 7 heteroatoms. The van der Waals surface area contributed by atoms with Crippen LogP contribution in [-0.2, 0) is 13.1 Å². The van der Waals surface area contributed by atoms with Crippen molar-refractivity contribution in [3.8, 4) is 10.8 Å². The zero-order chi connectivity index (χ0) is 17.8. The summed E-state index contributed by atoms with van der Waals surface area (Å²) < 4.78 is 7.31. The van der Waals surface area contributed by atoms with Gasteiger partial charge in [0.25, 0.3) is 5.91 Å². The van der Waals surface area contributed by atoms with Crippen molar-refractivity contribution < 1.29 is 9.21 Å². The molecule has 0 bridgehead atoms. The van der Waals surface area contributed by atoms with Crippen LogP contribution in [0.4, 0.5) is 0 Å². The largest absolute Gasteiger partial charge is 0.462 e. The van der Waals surface area contributed by atoms with Gasteiger partial charge in [0.2, 0.25) is 0 Å². The Kier molecular flexibility index (Phi) is 4.61. The zero-order valence-electron chi connectivity index (χ0n) is 13.8. The maximum atomic E-state index is 12.3. The fourth-order valence-electron chi connectivity index (χ4n) is 2.52. The van der Waals surface area contributed by atoms with E-state index in [0.717, 1.165) is 12.1 Å². The monoisotopic (exact) mass is 364 g/mol. The van der Waals surface area contributed by atoms with E-state index in [2.05, 4.69) is 27.4 Å². The first kappa shape index (κ1) is 16.3. The summed E-state index contributed by atoms with van der Waals surface area (Å²) in [5.41, 5.74) is 2.62. The first-order valence-electron chi connectivity index (χ1n) is 8.09. The summed E-state index contributed by atoms with van der Waals surface area (Å²) in [5, 5.41) is 5.33. The Hall–Kier alpha value is -3.19. The molecule has 0 spiro atoms. The number of rotatable bonds is 6. The molecule has 0 saturated carbocycles. The number of carbonyl (C=O) groups is 1. The van der Waals surface area contributed by atoms with Crippen LogP contribution in [0.3, 0.4) is 0 Å². The van der Waals surface area contributed by atoms with E-state index in [1.54, 1.807) is 30.2 Å². The standard InChI is InChI=1S/C19H16N4O2S/c24-18(16-12-26-19(22-16)17-2-1-9-25-17)21-10-14-3-5-15(6-4-14)11-23-8-7-20-13-23/h1-9,12-13H,10-11H2,(H,21,24). The van der Waals surface area contributed by atoms with Gasteiger partial charge in [0, 0.05) is 30.9 Å². The summed E-state index contributed by atoms with van der Waals surface area (Å²) in [4.78, 5) is 20.6. The number of furan rings is 1. The molecule has 1 aromatic carbocycles. The molecule has 0 aliphatic heterocycles. The van der Waals surface area contributed by atoms with Crippen LogP contribution in [0.2, 0.25) is 0 Å². The van der Waals surface area contributed by atoms with Crippen LogP contribution in [0.15, 0.2) is 71.2 Å². The number of nitrogens with zero attached hydrogens (tertiary/aromatic N) is 3. The minimum absolute atomic E-state index is 0.193. The second-order valence-corrected chi connectivity index (χ2v) is 6.61. The molecule has 0 saturated heterocycles. The summed E-state index contributed by atoms with van der Waals surface area (Å²) in [7, 11) is 0. The van der Waals surface area contributed by atoms with Gasteiger partial charge < -0.3 is 14.3 Å². The third-order valence-corrected chi connectivity index (χ3v) is 4.73. The van der Waals surface area contributed by atoms with Crippen LogP contribution in [0.5, 0.6) is 0 Å². The molecule has 130 valence electrons. The van der Waals surface area contributed by atoms with E-state index in [4.69, 9.17) is 4.42 Å². The predicted octanol–water partition coefficient (Wildman–Crippen LogP) is 3.58. The molecular weight excluding hydrogens is 348 g/mol. The van der Waals surface area contributed by atoms with Gasteiger partial charge in [0.05, 0.1) is 12.6 Å². The predicted molar refractivity (Wildman–Crippen MR) is 98.8 cm³/mol. The molecule has 0 fully saturated rings. The zero-order valence-corrected chi connectivity index (χ0v) is 14.6. The highest BCUT2D eigenvalue weighted by Gasteiger charge is 2.13. The van der Waals surface area contributed by atoms with Gasteiger partial charge in [-0.15, -0.1) is 11.3 Å². The molecule has 0 aliphatic carbocycles. The van der Waals surface area contributed by atoms with E-state index >= 15 is 0 Å². The van der Waals surface area contributed by atoms with Crippen LogP contribution in [0.25, 0.3) is 10.8 Å². The normalized spacial score (nSPS) is 10.8. The van der Waals surface area contributed by atoms with E-state index in [9.17, 15) is 4.79 Å². The third kappa shape index (κ3) is 3.73. The number of thiazole rings is 1. The summed E-state index contributed by atoms with van der Waals surface area (Å²) in [6.07, 6.45) is 7.07. The minimum atomic E-state index is -0.193. The summed E-state index contributed by atoms with van der Waals surface area (Å²) in [6.45, 7) is 1.23. The number of hydrogen-bond acceptors (Lipinski definition) is 5. The summed E-state index contributed by atoms with van der Waals surface area (Å²) in [6, 6.07) is 11.8. The lowest BCUT2D eigenvalue weighted by molar-refractivity contribution is 0.0946. The highest BCUT2D eigenvalue weighted by molar-refractivity contribution is 7.13. The average Bonchev–Trinajstić information content (AvgIpc) is 3.42. The number of carbonyl (C=O) groups excluding carboxylic acids is 1. The van der Waals surface area contributed by atoms with Gasteiger partial charge in [0.15, 0.2) is 10.8 Å². The quantitative estimate of drug-likeness (QED) is 0.568. The van der Waals surface area contributed by atoms with Crippen molar-refractivity contribution >= 4 is 17.2 Å². The molecule has 0 unspecified atom stereocenters. The molecule has 3 heterocycles. The van der Waals surface area contributed by atoms with Gasteiger partial charge in [-0.25, -0.2) is 9.97 Å². The number of imidazole rings is 1. The second-order valence-electron chi connectivity index (χ2n) is 5.75. The van der Waals surface area contributed by atoms with Gasteiger partial charge in [-0.05, 0) is 23.3 Å². The Morgan fingerprint density at radius 2 is 2.04 bits per heavy atom. The summed E-state index contributed by atoms with van der Waals surface area (Å²) in [5.74, 6) is 0.476. The van der Waals surface area contributed by atoms with Crippen molar-refractivity contribution in [3.05, 3.63) is 83.6 Å². The number of hydrogen-bond donors (Lipinski definition) is 1. The summed E-state index contributed by atoms with van der Waals surface area (Å²) >= 11 is 1.39. The Morgan fingerprint density at radius 3 is 2.77 bits per heavy atom. The molecule has 6 nitrogen and oxygen atoms in total. The number of nitrogens with one attached hydrogen (secondary N) is 1. The fraction of sp³-hybridized carbons (Fsp3) is 0.105. The molecule has 4 aromatic rings. The van der Waals surface area contributed by atoms with Crippen LogP contribution >= 0.6 is 11.3 Å². The van der Waals surface area contributed by atoms with Gasteiger partial charge >= 0.3 is 0 Å². The fourth-order valence-corrected chi connectivity index (χ4v) is 3.28. The van der Waals surface area contributed by atoms with Crippen molar-refractivity contribution in [1.29, 1.82) is 0 Å². The van der Waals surface area contributed by atoms with Gasteiger partial charge in [-0.2, -0.15) is 0 Å². The van der Waals surface area contributed by atoms with Crippen LogP contribution in [0, 0.1) is 0 Å². The Bertz CT molecular complexity index is 973. The van der Waals surface area contributed by atoms with E-state index < -0.39 is 0 Å². The van der Waals surface area contributed by atoms with Crippen molar-refractivity contribution in [1.82, 2.24) is 19.9 Å². The first-order valence-corrected chi connectivity index (χ1v) is 8.97. The van der Waals surface area contributed by atoms with E-state index in [0.29, 0.717) is 23.0 Å². The Morgan fingerprint density at radius 1 is 1.19 bits per heavy atom. The van der Waals surface area contributed by atoms with Crippen molar-refractivity contribution in [2.75, 3.05) is 0 Å². The Labute approximate surface area is 154 Å². The molecule has 0 atom stereocenters. The lowest BCUT2D eigenvalue weighted by atomic mass is 10.1. The van der Waals surface area contributed by atoms with Crippen molar-refractivity contribution in [2.45, 2.75) is 13.1 Å². The van der Waals surface area contributed by atoms with Crippen LogP contribution in [-0.4, -0.2) is 20.4 Å². The van der Waals surface area contributed by atoms with Crippen molar-refractivity contribution in [3.63, 3.8) is 0 Å². The Balaban J connectivity index is 1.34. The number of aromatic nitrogens is 3. The van der Waals surface area contributed by atoms with E-state index in [-0.39, 0.29) is 5.91 Å². The lowest BCUT2D eigenvalue weighted by Crippen LogP contribution is -2.23. The van der Waals surface area contributed by atoms with Gasteiger partial charge in [-0.1, -0.05) is 24.3 Å². The van der Waals surface area contributed by atoms with Crippen LogP contribution < -0.4 is 5.32 Å². The molecule has 0 aliphatic rings. The van der Waals surface area contributed by atoms with Gasteiger partial charge in [-0.3, -0.25) is 4.79 Å². The SMILES string of the molecule is O=C(NCc1ccc(Cn2ccnc2)cc1)c1csc(-c2ccco2)n1. The molecule has 0 radical (unpaired) electrons. The van der Waals surface area contributed by atoms with Gasteiger partial charge in [0.1, 0.15) is 5.69 Å². The number of benzene rings is 1. The molecule has 1 amide bonds. The second kappa shape index (κ2) is 7.37. The van der Waals surface area contributed by atoms with Crippen LogP contribution in [0.1, 0.15) is 21.6 Å². The number of amides is 1. The topological polar surface area (TPSA) is 73.0 Å². The molecule has 1 N–H and O–H groups in total. The molecule has 3 aromatic heterocycles. The molecular formula is C19H16N4O2S. The lowest BCUT2D eigenvalue weighted by Gasteiger charge is -2.06. The smallest absolute Gasteiger partial charge is 0.271 e.